The molecule has 14 heteroatoms. The Bertz CT molecular complexity index is 1580. The van der Waals surface area contributed by atoms with Gasteiger partial charge in [-0.15, -0.1) is 5.10 Å². The minimum Gasteiger partial charge on any atom is -0.508 e. The maximum atomic E-state index is 12.3. The highest BCUT2D eigenvalue weighted by Crippen LogP contribution is 2.39. The maximum Gasteiger partial charge on any atom is 0.243 e. The molecule has 1 aliphatic rings. The van der Waals surface area contributed by atoms with Gasteiger partial charge in [0, 0.05) is 37.1 Å². The van der Waals surface area contributed by atoms with Crippen LogP contribution < -0.4 is 10.8 Å². The predicted molar refractivity (Wildman–Crippen MR) is 171 cm³/mol. The van der Waals surface area contributed by atoms with Gasteiger partial charge in [-0.2, -0.15) is 4.68 Å². The summed E-state index contributed by atoms with van der Waals surface area (Å²) in [5, 5.41) is 43.3. The number of benzene rings is 3. The maximum absolute atomic E-state index is 12.3. The molecule has 1 aromatic heterocycles. The molecule has 0 aliphatic carbocycles. The number of thioether (sulfide) groups is 1. The average molecular weight is 663 g/mol. The third-order valence-electron chi connectivity index (χ3n) is 7.72. The summed E-state index contributed by atoms with van der Waals surface area (Å²) in [6.07, 6.45) is 2.09. The lowest BCUT2D eigenvalue weighted by molar-refractivity contribution is -0.245. The van der Waals surface area contributed by atoms with E-state index in [9.17, 15) is 19.8 Å². The average Bonchev–Trinajstić information content (AvgIpc) is 3.58. The molecule has 1 fully saturated rings. The fourth-order valence-corrected chi connectivity index (χ4v) is 6.01. The van der Waals surface area contributed by atoms with E-state index in [1.54, 1.807) is 34.4 Å². The monoisotopic (exact) mass is 662 g/mol. The first-order valence-corrected chi connectivity index (χ1v) is 16.4. The minimum atomic E-state index is -0.637. The molecule has 0 unspecified atom stereocenters. The van der Waals surface area contributed by atoms with Crippen molar-refractivity contribution in [2.24, 2.45) is 0 Å². The van der Waals surface area contributed by atoms with Crippen molar-refractivity contribution < 1.29 is 34.5 Å². The fourth-order valence-electron chi connectivity index (χ4n) is 5.10. The van der Waals surface area contributed by atoms with Crippen molar-refractivity contribution in [2.45, 2.75) is 75.3 Å². The lowest BCUT2D eigenvalue weighted by Crippen LogP contribution is -2.31. The standard InChI is InChI=1S/C33H38N6O7S/c40-20-23-8-10-24(11-9-23)29-18-28(21-47-33-35-37-38-39(33)26-14-16-27(41)17-15-26)45-32(46-29)25-12-6-22(7-13-25)19-34-30(42)4-2-1-3-5-31(43)36-44/h6-17,28-29,32,40-41,44H,1-5,18-21H2,(H,34,42)(H,36,43)/t28-,29+,32+/m0/s1. The molecule has 5 rings (SSSR count). The Hall–Kier alpha value is -4.34. The Morgan fingerprint density at radius 3 is 2.26 bits per heavy atom. The van der Waals surface area contributed by atoms with Crippen LogP contribution in [0.2, 0.25) is 0 Å². The summed E-state index contributed by atoms with van der Waals surface area (Å²) < 4.78 is 14.5. The van der Waals surface area contributed by atoms with Crippen LogP contribution in [0.1, 0.15) is 73.2 Å². The van der Waals surface area contributed by atoms with Gasteiger partial charge in [-0.25, -0.2) is 5.48 Å². The number of ether oxygens (including phenoxy) is 2. The number of aromatic hydroxyl groups is 1. The van der Waals surface area contributed by atoms with Crippen molar-refractivity contribution in [2.75, 3.05) is 5.75 Å². The molecule has 2 amide bonds. The third kappa shape index (κ3) is 9.83. The van der Waals surface area contributed by atoms with Gasteiger partial charge in [0.25, 0.3) is 0 Å². The van der Waals surface area contributed by atoms with Gasteiger partial charge in [0.05, 0.1) is 24.5 Å². The zero-order valence-electron chi connectivity index (χ0n) is 25.7. The number of carbonyl (C=O) groups excluding carboxylic acids is 2. The van der Waals surface area contributed by atoms with Crippen molar-refractivity contribution in [3.05, 3.63) is 95.1 Å². The number of amides is 2. The normalized spacial score (nSPS) is 17.7. The first kappa shape index (κ1) is 34.0. The summed E-state index contributed by atoms with van der Waals surface area (Å²) >= 11 is 1.46. The number of aliphatic hydroxyl groups is 1. The first-order valence-electron chi connectivity index (χ1n) is 15.4. The summed E-state index contributed by atoms with van der Waals surface area (Å²) in [6.45, 7) is 0.345. The zero-order chi connectivity index (χ0) is 33.0. The smallest absolute Gasteiger partial charge is 0.243 e. The van der Waals surface area contributed by atoms with E-state index >= 15 is 0 Å². The molecule has 3 aromatic carbocycles. The van der Waals surface area contributed by atoms with Crippen LogP contribution in [0.4, 0.5) is 0 Å². The second-order valence-electron chi connectivity index (χ2n) is 11.2. The lowest BCUT2D eigenvalue weighted by Gasteiger charge is -2.36. The van der Waals surface area contributed by atoms with E-state index in [1.807, 2.05) is 48.5 Å². The van der Waals surface area contributed by atoms with E-state index in [4.69, 9.17) is 14.7 Å². The Morgan fingerprint density at radius 1 is 0.872 bits per heavy atom. The number of aliphatic hydroxyl groups excluding tert-OH is 1. The van der Waals surface area contributed by atoms with E-state index in [-0.39, 0.29) is 36.9 Å². The number of unbranched alkanes of at least 4 members (excludes halogenated alkanes) is 2. The van der Waals surface area contributed by atoms with Gasteiger partial charge in [-0.05, 0) is 64.2 Å². The largest absolute Gasteiger partial charge is 0.508 e. The molecule has 13 nitrogen and oxygen atoms in total. The van der Waals surface area contributed by atoms with Crippen molar-refractivity contribution in [3.63, 3.8) is 0 Å². The molecule has 0 radical (unpaired) electrons. The van der Waals surface area contributed by atoms with Gasteiger partial charge in [0.15, 0.2) is 6.29 Å². The SMILES string of the molecule is O=C(CCCCCC(=O)NCc1ccc([C@@H]2O[C@H](CSc3nnnn3-c3ccc(O)cc3)C[C@H](c3ccc(CO)cc3)O2)cc1)NO. The van der Waals surface area contributed by atoms with E-state index in [2.05, 4.69) is 20.8 Å². The Kier molecular flexibility index (Phi) is 12.3. The number of rotatable bonds is 15. The Morgan fingerprint density at radius 2 is 1.55 bits per heavy atom. The van der Waals surface area contributed by atoms with E-state index in [0.29, 0.717) is 43.1 Å². The first-order chi connectivity index (χ1) is 22.9. The summed E-state index contributed by atoms with van der Waals surface area (Å²) in [5.41, 5.74) is 5.91. The molecule has 1 saturated heterocycles. The van der Waals surface area contributed by atoms with Gasteiger partial charge >= 0.3 is 0 Å². The number of hydrogen-bond donors (Lipinski definition) is 5. The summed E-state index contributed by atoms with van der Waals surface area (Å²) in [7, 11) is 0. The summed E-state index contributed by atoms with van der Waals surface area (Å²) in [4.78, 5) is 23.4. The van der Waals surface area contributed by atoms with Crippen LogP contribution in [-0.2, 0) is 32.2 Å². The summed E-state index contributed by atoms with van der Waals surface area (Å²) in [6, 6.07) is 22.1. The second-order valence-corrected chi connectivity index (χ2v) is 12.2. The number of aromatic nitrogens is 4. The molecule has 1 aliphatic heterocycles. The van der Waals surface area contributed by atoms with Crippen LogP contribution in [0.25, 0.3) is 5.69 Å². The molecule has 5 N–H and O–H groups in total. The molecule has 0 bridgehead atoms. The molecule has 4 aromatic rings. The number of phenols is 1. The number of hydroxylamine groups is 1. The van der Waals surface area contributed by atoms with Gasteiger partial charge < -0.3 is 25.0 Å². The van der Waals surface area contributed by atoms with Gasteiger partial charge in [-0.3, -0.25) is 14.8 Å². The number of nitrogens with zero attached hydrogens (tertiary/aromatic N) is 4. The Balaban J connectivity index is 1.20. The second kappa shape index (κ2) is 17.0. The molecule has 2 heterocycles. The molecular formula is C33H38N6O7S. The molecular weight excluding hydrogens is 624 g/mol. The fraction of sp³-hybridized carbons (Fsp3) is 0.364. The van der Waals surface area contributed by atoms with Crippen LogP contribution in [0.3, 0.4) is 0 Å². The number of hydrogen-bond acceptors (Lipinski definition) is 11. The van der Waals surface area contributed by atoms with E-state index in [0.717, 1.165) is 34.4 Å². The van der Waals surface area contributed by atoms with Gasteiger partial charge in [0.1, 0.15) is 5.75 Å². The number of carbonyl (C=O) groups is 2. The van der Waals surface area contributed by atoms with Crippen molar-refractivity contribution in [3.8, 4) is 11.4 Å². The topological polar surface area (TPSA) is 181 Å². The van der Waals surface area contributed by atoms with Crippen molar-refractivity contribution in [1.29, 1.82) is 0 Å². The highest BCUT2D eigenvalue weighted by Gasteiger charge is 2.32. The van der Waals surface area contributed by atoms with Crippen LogP contribution in [0.15, 0.2) is 78.0 Å². The van der Waals surface area contributed by atoms with Crippen LogP contribution in [0, 0.1) is 0 Å². The quantitative estimate of drug-likeness (QED) is 0.0531. The van der Waals surface area contributed by atoms with Crippen molar-refractivity contribution >= 4 is 23.6 Å². The number of phenolic OH excluding ortho intramolecular Hbond substituents is 1. The van der Waals surface area contributed by atoms with Crippen LogP contribution in [0.5, 0.6) is 5.75 Å². The van der Waals surface area contributed by atoms with Crippen LogP contribution in [-0.4, -0.2) is 59.3 Å². The summed E-state index contributed by atoms with van der Waals surface area (Å²) in [5.74, 6) is 0.229. The number of nitrogens with one attached hydrogen (secondary N) is 2. The highest BCUT2D eigenvalue weighted by atomic mass is 32.2. The number of tetrazole rings is 1. The Labute approximate surface area is 276 Å². The third-order valence-corrected chi connectivity index (χ3v) is 8.77. The molecule has 3 atom stereocenters. The minimum absolute atomic E-state index is 0.0368. The van der Waals surface area contributed by atoms with E-state index < -0.39 is 12.2 Å². The molecule has 0 spiro atoms. The van der Waals surface area contributed by atoms with Crippen molar-refractivity contribution in [1.82, 2.24) is 31.0 Å². The highest BCUT2D eigenvalue weighted by molar-refractivity contribution is 7.99. The molecule has 248 valence electrons. The lowest BCUT2D eigenvalue weighted by atomic mass is 10.0. The van der Waals surface area contributed by atoms with Gasteiger partial charge in [0.2, 0.25) is 17.0 Å². The van der Waals surface area contributed by atoms with Gasteiger partial charge in [-0.1, -0.05) is 66.7 Å². The molecule has 0 saturated carbocycles. The zero-order valence-corrected chi connectivity index (χ0v) is 26.5. The van der Waals surface area contributed by atoms with E-state index in [1.165, 1.54) is 11.8 Å². The predicted octanol–water partition coefficient (Wildman–Crippen LogP) is 4.27. The molecule has 47 heavy (non-hydrogen) atoms. The van der Waals surface area contributed by atoms with Crippen LogP contribution >= 0.6 is 11.8 Å².